The minimum atomic E-state index is -0.110. The van der Waals surface area contributed by atoms with E-state index in [0.29, 0.717) is 0 Å². The van der Waals surface area contributed by atoms with Crippen molar-refractivity contribution in [3.63, 3.8) is 0 Å². The van der Waals surface area contributed by atoms with Crippen LogP contribution in [-0.4, -0.2) is 0 Å². The Morgan fingerprint density at radius 3 is 2.71 bits per heavy atom. The molecular weight excluding hydrogens is 330 g/mol. The first kappa shape index (κ1) is 10.4. The lowest BCUT2D eigenvalue weighted by Gasteiger charge is -2.04. The number of hydrogen-bond donors (Lipinski definition) is 1. The molecule has 14 heavy (non-hydrogen) atoms. The molecule has 0 aromatic carbocycles. The third-order valence-electron chi connectivity index (χ3n) is 1.87. The maximum absolute atomic E-state index is 6.05. The van der Waals surface area contributed by atoms with Crippen molar-refractivity contribution < 1.29 is 4.42 Å². The van der Waals surface area contributed by atoms with Crippen molar-refractivity contribution in [2.75, 3.05) is 0 Å². The summed E-state index contributed by atoms with van der Waals surface area (Å²) in [6.07, 6.45) is 3.30. The van der Waals surface area contributed by atoms with Gasteiger partial charge in [0.2, 0.25) is 0 Å². The smallest absolute Gasteiger partial charge is 0.0954 e. The zero-order valence-electron chi connectivity index (χ0n) is 7.04. The molecule has 2 aromatic heterocycles. The van der Waals surface area contributed by atoms with Gasteiger partial charge in [-0.1, -0.05) is 0 Å². The summed E-state index contributed by atoms with van der Waals surface area (Å²) in [5.74, 6) is 0. The van der Waals surface area contributed by atoms with Gasteiger partial charge in [0.15, 0.2) is 0 Å². The molecule has 5 heteroatoms. The monoisotopic (exact) mass is 335 g/mol. The molecule has 0 saturated heterocycles. The molecule has 0 aliphatic heterocycles. The number of nitrogens with two attached hydrogens (primary N) is 1. The predicted octanol–water partition coefficient (Wildman–Crippen LogP) is 3.91. The van der Waals surface area contributed by atoms with Crippen molar-refractivity contribution in [1.82, 2.24) is 0 Å². The summed E-state index contributed by atoms with van der Waals surface area (Å²) in [7, 11) is 0. The molecule has 2 nitrogen and oxygen atoms in total. The SMILES string of the molecule is NC(c1ccoc1)c1cc(Br)c(Br)s1. The van der Waals surface area contributed by atoms with E-state index in [1.54, 1.807) is 23.9 Å². The van der Waals surface area contributed by atoms with E-state index in [9.17, 15) is 0 Å². The fourth-order valence-electron chi connectivity index (χ4n) is 1.13. The molecule has 0 saturated carbocycles. The maximum Gasteiger partial charge on any atom is 0.0954 e. The van der Waals surface area contributed by atoms with E-state index in [1.165, 1.54) is 0 Å². The van der Waals surface area contributed by atoms with Gasteiger partial charge in [0.05, 0.1) is 22.4 Å². The van der Waals surface area contributed by atoms with Gasteiger partial charge >= 0.3 is 0 Å². The van der Waals surface area contributed by atoms with Gasteiger partial charge in [-0.05, 0) is 44.0 Å². The van der Waals surface area contributed by atoms with Gasteiger partial charge in [0.1, 0.15) is 0 Å². The Hall–Kier alpha value is -0.1000. The van der Waals surface area contributed by atoms with E-state index in [4.69, 9.17) is 10.2 Å². The molecule has 74 valence electrons. The van der Waals surface area contributed by atoms with E-state index >= 15 is 0 Å². The highest BCUT2D eigenvalue weighted by Gasteiger charge is 2.14. The second-order valence-corrected chi connectivity index (χ2v) is 6.06. The minimum Gasteiger partial charge on any atom is -0.472 e. The Morgan fingerprint density at radius 1 is 1.43 bits per heavy atom. The minimum absolute atomic E-state index is 0.110. The van der Waals surface area contributed by atoms with Crippen LogP contribution in [0.5, 0.6) is 0 Å². The first-order valence-corrected chi connectivity index (χ1v) is 6.31. The van der Waals surface area contributed by atoms with Crippen LogP contribution in [0.2, 0.25) is 0 Å². The lowest BCUT2D eigenvalue weighted by Crippen LogP contribution is -2.08. The molecular formula is C9H7Br2NOS. The summed E-state index contributed by atoms with van der Waals surface area (Å²) in [6.45, 7) is 0. The van der Waals surface area contributed by atoms with Crippen LogP contribution < -0.4 is 5.73 Å². The zero-order chi connectivity index (χ0) is 10.1. The zero-order valence-corrected chi connectivity index (χ0v) is 11.0. The Bertz CT molecular complexity index is 404. The molecule has 2 heterocycles. The average Bonchev–Trinajstić information content (AvgIpc) is 2.76. The van der Waals surface area contributed by atoms with Crippen molar-refractivity contribution in [1.29, 1.82) is 0 Å². The lowest BCUT2D eigenvalue weighted by atomic mass is 10.1. The summed E-state index contributed by atoms with van der Waals surface area (Å²) >= 11 is 8.50. The molecule has 0 aliphatic carbocycles. The van der Waals surface area contributed by atoms with Gasteiger partial charge in [0.25, 0.3) is 0 Å². The molecule has 0 aliphatic rings. The average molecular weight is 337 g/mol. The number of halogens is 2. The molecule has 0 spiro atoms. The number of hydrogen-bond acceptors (Lipinski definition) is 3. The number of furan rings is 1. The fraction of sp³-hybridized carbons (Fsp3) is 0.111. The number of rotatable bonds is 2. The highest BCUT2D eigenvalue weighted by molar-refractivity contribution is 9.13. The van der Waals surface area contributed by atoms with Crippen LogP contribution in [0.1, 0.15) is 16.5 Å². The van der Waals surface area contributed by atoms with Crippen molar-refractivity contribution in [3.05, 3.63) is 43.4 Å². The Balaban J connectivity index is 2.32. The second kappa shape index (κ2) is 4.18. The van der Waals surface area contributed by atoms with Gasteiger partial charge in [-0.2, -0.15) is 0 Å². The van der Waals surface area contributed by atoms with Crippen LogP contribution >= 0.6 is 43.2 Å². The first-order valence-electron chi connectivity index (χ1n) is 3.91. The Labute approximate surface area is 102 Å². The van der Waals surface area contributed by atoms with Crippen molar-refractivity contribution >= 4 is 43.2 Å². The van der Waals surface area contributed by atoms with Gasteiger partial charge in [-0.15, -0.1) is 11.3 Å². The molecule has 2 N–H and O–H groups in total. The third-order valence-corrected chi connectivity index (χ3v) is 5.21. The molecule has 0 radical (unpaired) electrons. The van der Waals surface area contributed by atoms with Crippen LogP contribution in [0.25, 0.3) is 0 Å². The van der Waals surface area contributed by atoms with Crippen LogP contribution in [-0.2, 0) is 0 Å². The third kappa shape index (κ3) is 1.95. The van der Waals surface area contributed by atoms with Crippen LogP contribution in [0, 0.1) is 0 Å². The normalized spacial score (nSPS) is 13.1. The lowest BCUT2D eigenvalue weighted by molar-refractivity contribution is 0.562. The molecule has 0 fully saturated rings. The van der Waals surface area contributed by atoms with Crippen LogP contribution in [0.4, 0.5) is 0 Å². The van der Waals surface area contributed by atoms with Gasteiger partial charge in [0, 0.05) is 14.9 Å². The van der Waals surface area contributed by atoms with E-state index in [2.05, 4.69) is 31.9 Å². The molecule has 0 amide bonds. The maximum atomic E-state index is 6.05. The van der Waals surface area contributed by atoms with Crippen molar-refractivity contribution in [2.24, 2.45) is 5.73 Å². The van der Waals surface area contributed by atoms with Gasteiger partial charge < -0.3 is 10.2 Å². The van der Waals surface area contributed by atoms with Crippen LogP contribution in [0.15, 0.2) is 37.3 Å². The summed E-state index contributed by atoms with van der Waals surface area (Å²) in [5, 5.41) is 0. The summed E-state index contributed by atoms with van der Waals surface area (Å²) in [6, 6.07) is 3.79. The molecule has 2 aromatic rings. The summed E-state index contributed by atoms with van der Waals surface area (Å²) < 4.78 is 7.10. The summed E-state index contributed by atoms with van der Waals surface area (Å²) in [5.41, 5.74) is 7.04. The largest absolute Gasteiger partial charge is 0.472 e. The second-order valence-electron chi connectivity index (χ2n) is 2.80. The highest BCUT2D eigenvalue weighted by Crippen LogP contribution is 2.36. The Kier molecular flexibility index (Phi) is 3.11. The van der Waals surface area contributed by atoms with Gasteiger partial charge in [-0.25, -0.2) is 0 Å². The van der Waals surface area contributed by atoms with E-state index in [1.807, 2.05) is 12.1 Å². The van der Waals surface area contributed by atoms with Gasteiger partial charge in [-0.3, -0.25) is 0 Å². The van der Waals surface area contributed by atoms with E-state index in [-0.39, 0.29) is 6.04 Å². The molecule has 0 bridgehead atoms. The molecule has 1 atom stereocenters. The first-order chi connectivity index (χ1) is 6.68. The van der Waals surface area contributed by atoms with E-state index in [0.717, 1.165) is 18.7 Å². The fourth-order valence-corrected chi connectivity index (χ4v) is 3.25. The standard InChI is InChI=1S/C9H7Br2NOS/c10-6-3-7(14-9(6)11)8(12)5-1-2-13-4-5/h1-4,8H,12H2. The Morgan fingerprint density at radius 2 is 2.21 bits per heavy atom. The summed E-state index contributed by atoms with van der Waals surface area (Å²) in [4.78, 5) is 1.10. The highest BCUT2D eigenvalue weighted by atomic mass is 79.9. The topological polar surface area (TPSA) is 39.2 Å². The number of thiophene rings is 1. The molecule has 1 unspecified atom stereocenters. The van der Waals surface area contributed by atoms with E-state index < -0.39 is 0 Å². The quantitative estimate of drug-likeness (QED) is 0.902. The molecule has 2 rings (SSSR count). The van der Waals surface area contributed by atoms with Crippen molar-refractivity contribution in [3.8, 4) is 0 Å². The van der Waals surface area contributed by atoms with Crippen molar-refractivity contribution in [2.45, 2.75) is 6.04 Å². The van der Waals surface area contributed by atoms with Crippen LogP contribution in [0.3, 0.4) is 0 Å². The predicted molar refractivity (Wildman–Crippen MR) is 64.5 cm³/mol.